The van der Waals surface area contributed by atoms with Gasteiger partial charge in [-0.15, -0.1) is 0 Å². The van der Waals surface area contributed by atoms with Gasteiger partial charge in [0.2, 0.25) is 5.91 Å². The zero-order valence-electron chi connectivity index (χ0n) is 13.3. The second kappa shape index (κ2) is 7.20. The smallest absolute Gasteiger partial charge is 0.242 e. The first-order valence-corrected chi connectivity index (χ1v) is 9.50. The Morgan fingerprint density at radius 1 is 1.30 bits per heavy atom. The van der Waals surface area contributed by atoms with Crippen molar-refractivity contribution in [2.24, 2.45) is 0 Å². The van der Waals surface area contributed by atoms with E-state index in [-0.39, 0.29) is 10.9 Å². The van der Waals surface area contributed by atoms with E-state index in [4.69, 9.17) is 16.3 Å². The highest BCUT2D eigenvalue weighted by Gasteiger charge is 2.53. The Kier molecular flexibility index (Phi) is 5.70. The Morgan fingerprint density at radius 3 is 2.39 bits per heavy atom. The van der Waals surface area contributed by atoms with E-state index in [0.29, 0.717) is 24.5 Å². The van der Waals surface area contributed by atoms with Gasteiger partial charge in [0.15, 0.2) is 14.6 Å². The van der Waals surface area contributed by atoms with Crippen LogP contribution in [0.15, 0.2) is 29.2 Å². The van der Waals surface area contributed by atoms with Crippen molar-refractivity contribution in [2.45, 2.75) is 48.3 Å². The van der Waals surface area contributed by atoms with Crippen molar-refractivity contribution in [3.63, 3.8) is 0 Å². The van der Waals surface area contributed by atoms with Gasteiger partial charge in [0.25, 0.3) is 0 Å². The Balaban J connectivity index is 2.36. The van der Waals surface area contributed by atoms with Crippen molar-refractivity contribution in [2.75, 3.05) is 13.7 Å². The normalized spacial score (nSPS) is 18.6. The second-order valence-corrected chi connectivity index (χ2v) is 8.68. The van der Waals surface area contributed by atoms with E-state index in [1.54, 1.807) is 14.0 Å². The van der Waals surface area contributed by atoms with Crippen molar-refractivity contribution in [3.8, 4) is 0 Å². The third-order valence-electron chi connectivity index (χ3n) is 4.26. The molecule has 7 heteroatoms. The fraction of sp³-hybridized carbons (Fsp3) is 0.562. The van der Waals surface area contributed by atoms with Crippen LogP contribution in [0.5, 0.6) is 0 Å². The maximum Gasteiger partial charge on any atom is 0.242 e. The maximum absolute atomic E-state index is 13.1. The van der Waals surface area contributed by atoms with Gasteiger partial charge in [0.1, 0.15) is 0 Å². The molecule has 1 aromatic carbocycles. The largest absolute Gasteiger partial charge is 0.383 e. The summed E-state index contributed by atoms with van der Waals surface area (Å²) in [6.07, 6.45) is 2.12. The monoisotopic (exact) mass is 359 g/mol. The number of carbonyl (C=O) groups excluding carboxylic acids is 1. The lowest BCUT2D eigenvalue weighted by atomic mass is 10.1. The van der Waals surface area contributed by atoms with Crippen LogP contribution in [0, 0.1) is 0 Å². The lowest BCUT2D eigenvalue weighted by Gasteiger charge is -2.29. The van der Waals surface area contributed by atoms with Crippen molar-refractivity contribution in [1.29, 1.82) is 0 Å². The van der Waals surface area contributed by atoms with Crippen LogP contribution < -0.4 is 5.32 Å². The van der Waals surface area contributed by atoms with Gasteiger partial charge in [-0.1, -0.05) is 24.4 Å². The van der Waals surface area contributed by atoms with Gasteiger partial charge in [-0.2, -0.15) is 0 Å². The Morgan fingerprint density at radius 2 is 1.87 bits per heavy atom. The van der Waals surface area contributed by atoms with Crippen molar-refractivity contribution in [1.82, 2.24) is 5.32 Å². The molecule has 1 unspecified atom stereocenters. The predicted molar refractivity (Wildman–Crippen MR) is 89.3 cm³/mol. The first-order chi connectivity index (χ1) is 10.8. The van der Waals surface area contributed by atoms with Crippen molar-refractivity contribution in [3.05, 3.63) is 29.3 Å². The van der Waals surface area contributed by atoms with Gasteiger partial charge in [-0.05, 0) is 44.0 Å². The first kappa shape index (κ1) is 18.2. The first-order valence-electron chi connectivity index (χ1n) is 7.63. The summed E-state index contributed by atoms with van der Waals surface area (Å²) >= 11 is 5.83. The van der Waals surface area contributed by atoms with Crippen LogP contribution in [0.25, 0.3) is 0 Å². The minimum Gasteiger partial charge on any atom is -0.383 e. The standard InChI is InChI=1S/C16H22ClNO4S/c1-12(11-22-2)18-15(19)16(9-3-4-10-16)23(20,21)14-7-5-13(17)6-8-14/h5-8,12H,3-4,9-11H2,1-2H3,(H,18,19). The number of amides is 1. The number of halogens is 1. The van der Waals surface area contributed by atoms with Gasteiger partial charge in [0, 0.05) is 18.2 Å². The van der Waals surface area contributed by atoms with Gasteiger partial charge >= 0.3 is 0 Å². The van der Waals surface area contributed by atoms with Crippen LogP contribution in [0.1, 0.15) is 32.6 Å². The minimum atomic E-state index is -3.79. The molecule has 1 aliphatic carbocycles. The summed E-state index contributed by atoms with van der Waals surface area (Å²) in [5, 5.41) is 3.24. The molecule has 1 atom stereocenters. The quantitative estimate of drug-likeness (QED) is 0.847. The third-order valence-corrected chi connectivity index (χ3v) is 7.02. The van der Waals surface area contributed by atoms with Crippen LogP contribution in [0.4, 0.5) is 0 Å². The molecule has 0 heterocycles. The molecule has 0 spiro atoms. The summed E-state index contributed by atoms with van der Waals surface area (Å²) in [7, 11) is -2.25. The number of rotatable bonds is 6. The number of benzene rings is 1. The molecule has 1 fully saturated rings. The van der Waals surface area contributed by atoms with Crippen molar-refractivity contribution < 1.29 is 17.9 Å². The average Bonchev–Trinajstić information content (AvgIpc) is 2.99. The fourth-order valence-electron chi connectivity index (χ4n) is 3.05. The molecular weight excluding hydrogens is 338 g/mol. The van der Waals surface area contributed by atoms with Gasteiger partial charge in [-0.3, -0.25) is 4.79 Å². The number of hydrogen-bond acceptors (Lipinski definition) is 4. The summed E-state index contributed by atoms with van der Waals surface area (Å²) in [5.74, 6) is -0.436. The molecule has 0 aliphatic heterocycles. The van der Waals surface area contributed by atoms with Gasteiger partial charge in [-0.25, -0.2) is 8.42 Å². The molecule has 1 amide bonds. The van der Waals surface area contributed by atoms with Crippen LogP contribution in [-0.2, 0) is 19.4 Å². The molecule has 128 valence electrons. The summed E-state index contributed by atoms with van der Waals surface area (Å²) in [4.78, 5) is 12.9. The summed E-state index contributed by atoms with van der Waals surface area (Å²) in [5.41, 5.74) is 0. The maximum atomic E-state index is 13.1. The molecule has 23 heavy (non-hydrogen) atoms. The molecule has 0 radical (unpaired) electrons. The average molecular weight is 360 g/mol. The van der Waals surface area contributed by atoms with Crippen LogP contribution in [-0.4, -0.2) is 38.8 Å². The molecule has 1 aromatic rings. The van der Waals surface area contributed by atoms with E-state index in [1.165, 1.54) is 24.3 Å². The second-order valence-electron chi connectivity index (χ2n) is 5.99. The van der Waals surface area contributed by atoms with Crippen molar-refractivity contribution >= 4 is 27.3 Å². The summed E-state index contributed by atoms with van der Waals surface area (Å²) in [6.45, 7) is 2.13. The number of hydrogen-bond donors (Lipinski definition) is 1. The summed E-state index contributed by atoms with van der Waals surface area (Å²) in [6, 6.07) is 5.74. The molecule has 0 aromatic heterocycles. The minimum absolute atomic E-state index is 0.137. The lowest BCUT2D eigenvalue weighted by molar-refractivity contribution is -0.124. The molecule has 1 aliphatic rings. The number of nitrogens with one attached hydrogen (secondary N) is 1. The molecule has 0 saturated heterocycles. The fourth-order valence-corrected chi connectivity index (χ4v) is 5.25. The molecular formula is C16H22ClNO4S. The topological polar surface area (TPSA) is 72.5 Å². The number of carbonyl (C=O) groups is 1. The van der Waals surface area contributed by atoms with Crippen LogP contribution in [0.3, 0.4) is 0 Å². The molecule has 5 nitrogen and oxygen atoms in total. The molecule has 1 saturated carbocycles. The van der Waals surface area contributed by atoms with Crippen LogP contribution in [0.2, 0.25) is 5.02 Å². The SMILES string of the molecule is COCC(C)NC(=O)C1(S(=O)(=O)c2ccc(Cl)cc2)CCCC1. The van der Waals surface area contributed by atoms with E-state index in [0.717, 1.165) is 12.8 Å². The highest BCUT2D eigenvalue weighted by molar-refractivity contribution is 7.93. The zero-order valence-corrected chi connectivity index (χ0v) is 14.9. The van der Waals surface area contributed by atoms with E-state index in [1.807, 2.05) is 0 Å². The Hall–Kier alpha value is -1.11. The van der Waals surface area contributed by atoms with Crippen LogP contribution >= 0.6 is 11.6 Å². The van der Waals surface area contributed by atoms with E-state index < -0.39 is 20.5 Å². The van der Waals surface area contributed by atoms with E-state index >= 15 is 0 Å². The molecule has 2 rings (SSSR count). The highest BCUT2D eigenvalue weighted by atomic mass is 35.5. The molecule has 1 N–H and O–H groups in total. The Bertz CT molecular complexity index is 651. The van der Waals surface area contributed by atoms with Gasteiger partial charge in [0.05, 0.1) is 11.5 Å². The number of methoxy groups -OCH3 is 1. The predicted octanol–water partition coefficient (Wildman–Crippen LogP) is 2.58. The number of sulfone groups is 1. The molecule has 0 bridgehead atoms. The van der Waals surface area contributed by atoms with E-state index in [2.05, 4.69) is 5.32 Å². The van der Waals surface area contributed by atoms with Gasteiger partial charge < -0.3 is 10.1 Å². The van der Waals surface area contributed by atoms with E-state index in [9.17, 15) is 13.2 Å². The third kappa shape index (κ3) is 3.54. The lowest BCUT2D eigenvalue weighted by Crippen LogP contribution is -2.53. The number of ether oxygens (including phenoxy) is 1. The highest BCUT2D eigenvalue weighted by Crippen LogP contribution is 2.41. The zero-order chi connectivity index (χ0) is 17.1. The summed E-state index contributed by atoms with van der Waals surface area (Å²) < 4.78 is 29.8. The Labute approximate surface area is 142 Å².